The maximum absolute atomic E-state index is 6.54. The fourth-order valence-electron chi connectivity index (χ4n) is 9.83. The van der Waals surface area contributed by atoms with Crippen molar-refractivity contribution < 1.29 is 4.42 Å². The lowest BCUT2D eigenvalue weighted by Crippen LogP contribution is -1.86. The lowest BCUT2D eigenvalue weighted by Gasteiger charge is -2.13. The van der Waals surface area contributed by atoms with Gasteiger partial charge in [-0.1, -0.05) is 164 Å². The number of fused-ring (bicyclic) bond motifs is 15. The summed E-state index contributed by atoms with van der Waals surface area (Å²) < 4.78 is 6.54. The van der Waals surface area contributed by atoms with Gasteiger partial charge in [-0.2, -0.15) is 0 Å². The van der Waals surface area contributed by atoms with Crippen LogP contribution in [-0.4, -0.2) is 0 Å². The molecule has 13 aromatic rings. The van der Waals surface area contributed by atoms with Crippen LogP contribution in [0, 0.1) is 0 Å². The van der Waals surface area contributed by atoms with Gasteiger partial charge in [-0.3, -0.25) is 0 Å². The molecule has 0 fully saturated rings. The summed E-state index contributed by atoms with van der Waals surface area (Å²) in [6, 6.07) is 75.9. The topological polar surface area (TPSA) is 13.1 Å². The zero-order valence-corrected chi connectivity index (χ0v) is 32.0. The number of furan rings is 1. The quantitative estimate of drug-likeness (QED) is 0.164. The van der Waals surface area contributed by atoms with Crippen molar-refractivity contribution in [2.24, 2.45) is 0 Å². The molecule has 0 unspecified atom stereocenters. The molecule has 1 heteroatoms. The lowest BCUT2D eigenvalue weighted by molar-refractivity contribution is 0.670. The summed E-state index contributed by atoms with van der Waals surface area (Å²) in [5.74, 6) is 0. The van der Waals surface area contributed by atoms with Crippen molar-refractivity contribution in [3.8, 4) is 33.4 Å². The SMILES string of the molecule is c1ccc2c(c1)ccc1cc(-c3ccc4cc(-c5ccc(-c6ccc7c(c6)c6ccccc6c6cc8c(cc76)oc6ccc7ccccc7c68)cc5)ccc4c3)ccc12. The smallest absolute Gasteiger partial charge is 0.136 e. The molecule has 0 spiro atoms. The largest absolute Gasteiger partial charge is 0.456 e. The minimum atomic E-state index is 0.924. The van der Waals surface area contributed by atoms with Crippen molar-refractivity contribution in [2.45, 2.75) is 0 Å². The Hall–Kier alpha value is -7.74. The van der Waals surface area contributed by atoms with Crippen LogP contribution >= 0.6 is 0 Å². The van der Waals surface area contributed by atoms with Gasteiger partial charge in [-0.05, 0) is 151 Å². The molecule has 272 valence electrons. The van der Waals surface area contributed by atoms with E-state index in [0.29, 0.717) is 0 Å². The van der Waals surface area contributed by atoms with Gasteiger partial charge in [0.25, 0.3) is 0 Å². The Labute approximate surface area is 340 Å². The molecule has 0 aliphatic carbocycles. The normalized spacial score (nSPS) is 12.1. The summed E-state index contributed by atoms with van der Waals surface area (Å²) in [7, 11) is 0. The van der Waals surface area contributed by atoms with Gasteiger partial charge in [0.1, 0.15) is 11.2 Å². The molecule has 12 aromatic carbocycles. The van der Waals surface area contributed by atoms with Crippen LogP contribution in [0.1, 0.15) is 0 Å². The van der Waals surface area contributed by atoms with Gasteiger partial charge in [0.05, 0.1) is 0 Å². The van der Waals surface area contributed by atoms with Gasteiger partial charge in [0.15, 0.2) is 0 Å². The second-order valence-corrected chi connectivity index (χ2v) is 16.0. The first-order valence-electron chi connectivity index (χ1n) is 20.4. The van der Waals surface area contributed by atoms with Crippen LogP contribution in [0.2, 0.25) is 0 Å². The molecule has 1 heterocycles. The molecule has 13 rings (SSSR count). The summed E-state index contributed by atoms with van der Waals surface area (Å²) in [6.45, 7) is 0. The number of benzene rings is 12. The molecule has 0 bridgehead atoms. The Morgan fingerprint density at radius 3 is 1.34 bits per heavy atom. The van der Waals surface area contributed by atoms with Crippen molar-refractivity contribution in [3.05, 3.63) is 206 Å². The van der Waals surface area contributed by atoms with E-state index in [2.05, 4.69) is 206 Å². The van der Waals surface area contributed by atoms with Crippen LogP contribution in [-0.2, 0) is 0 Å². The minimum absolute atomic E-state index is 0.924. The molecule has 0 N–H and O–H groups in total. The Kier molecular flexibility index (Phi) is 6.79. The van der Waals surface area contributed by atoms with Gasteiger partial charge < -0.3 is 4.42 Å². The van der Waals surface area contributed by atoms with E-state index in [1.807, 2.05) is 0 Å². The third-order valence-electron chi connectivity index (χ3n) is 12.8. The molecule has 0 atom stereocenters. The fourth-order valence-corrected chi connectivity index (χ4v) is 9.83. The molecule has 0 saturated carbocycles. The fraction of sp³-hybridized carbons (Fsp3) is 0. The standard InChI is InChI=1S/C58H34O/c1-3-9-46-37(7-1)17-22-45-31-43(23-26-47(45)46)42-21-20-40-29-39(18-19-41(40)30-42)35-13-15-36(16-14-35)44-24-27-51-52(32-44)49-11-5-6-12-50(49)53-33-55-57(34-54(51)53)59-56-28-25-38-8-2-4-10-48(38)58(55)56/h1-34H. The second kappa shape index (κ2) is 12.4. The van der Waals surface area contributed by atoms with E-state index < -0.39 is 0 Å². The van der Waals surface area contributed by atoms with Gasteiger partial charge in [0, 0.05) is 10.8 Å². The Bertz CT molecular complexity index is 3890. The molecule has 0 radical (unpaired) electrons. The third-order valence-corrected chi connectivity index (χ3v) is 12.8. The maximum Gasteiger partial charge on any atom is 0.136 e. The first-order chi connectivity index (χ1) is 29.2. The van der Waals surface area contributed by atoms with E-state index in [0.717, 1.165) is 16.6 Å². The Morgan fingerprint density at radius 2 is 0.627 bits per heavy atom. The van der Waals surface area contributed by atoms with E-state index in [-0.39, 0.29) is 0 Å². The molecule has 0 aliphatic rings. The van der Waals surface area contributed by atoms with Gasteiger partial charge >= 0.3 is 0 Å². The predicted molar refractivity (Wildman–Crippen MR) is 253 cm³/mol. The molecule has 0 aliphatic heterocycles. The highest BCUT2D eigenvalue weighted by atomic mass is 16.3. The van der Waals surface area contributed by atoms with E-state index in [1.165, 1.54) is 114 Å². The zero-order chi connectivity index (χ0) is 38.6. The third kappa shape index (κ3) is 4.98. The highest BCUT2D eigenvalue weighted by molar-refractivity contribution is 6.30. The van der Waals surface area contributed by atoms with E-state index in [4.69, 9.17) is 4.42 Å². The number of hydrogen-bond donors (Lipinski definition) is 0. The predicted octanol–water partition coefficient (Wildman–Crippen LogP) is 16.7. The monoisotopic (exact) mass is 746 g/mol. The Balaban J connectivity index is 0.852. The highest BCUT2D eigenvalue weighted by Crippen LogP contribution is 2.43. The van der Waals surface area contributed by atoms with Crippen LogP contribution in [0.4, 0.5) is 0 Å². The van der Waals surface area contributed by atoms with Crippen LogP contribution in [0.5, 0.6) is 0 Å². The Morgan fingerprint density at radius 1 is 0.203 bits per heavy atom. The molecule has 0 saturated heterocycles. The average molecular weight is 747 g/mol. The molecular formula is C58H34O. The molecule has 0 amide bonds. The van der Waals surface area contributed by atoms with Gasteiger partial charge in [-0.25, -0.2) is 0 Å². The summed E-state index contributed by atoms with van der Waals surface area (Å²) in [4.78, 5) is 0. The molecule has 1 nitrogen and oxygen atoms in total. The van der Waals surface area contributed by atoms with E-state index >= 15 is 0 Å². The summed E-state index contributed by atoms with van der Waals surface area (Å²) >= 11 is 0. The van der Waals surface area contributed by atoms with E-state index in [1.54, 1.807) is 0 Å². The first-order valence-corrected chi connectivity index (χ1v) is 20.4. The number of rotatable bonds is 3. The number of hydrogen-bond acceptors (Lipinski definition) is 1. The lowest BCUT2D eigenvalue weighted by atomic mass is 9.90. The average Bonchev–Trinajstić information content (AvgIpc) is 3.68. The highest BCUT2D eigenvalue weighted by Gasteiger charge is 2.16. The van der Waals surface area contributed by atoms with Crippen molar-refractivity contribution in [2.75, 3.05) is 0 Å². The van der Waals surface area contributed by atoms with Crippen LogP contribution in [0.25, 0.3) is 131 Å². The van der Waals surface area contributed by atoms with Crippen molar-refractivity contribution in [3.63, 3.8) is 0 Å². The van der Waals surface area contributed by atoms with Crippen LogP contribution in [0.3, 0.4) is 0 Å². The van der Waals surface area contributed by atoms with E-state index in [9.17, 15) is 0 Å². The van der Waals surface area contributed by atoms with Crippen molar-refractivity contribution in [1.82, 2.24) is 0 Å². The molecular weight excluding hydrogens is 713 g/mol. The molecule has 1 aromatic heterocycles. The summed E-state index contributed by atoms with van der Waals surface area (Å²) in [5, 5.41) is 19.9. The minimum Gasteiger partial charge on any atom is -0.456 e. The van der Waals surface area contributed by atoms with Crippen LogP contribution < -0.4 is 0 Å². The second-order valence-electron chi connectivity index (χ2n) is 16.0. The summed E-state index contributed by atoms with van der Waals surface area (Å²) in [5.41, 5.74) is 9.16. The van der Waals surface area contributed by atoms with Crippen molar-refractivity contribution >= 4 is 97.3 Å². The first kappa shape index (κ1) is 32.4. The molecule has 59 heavy (non-hydrogen) atoms. The van der Waals surface area contributed by atoms with Crippen molar-refractivity contribution in [1.29, 1.82) is 0 Å². The van der Waals surface area contributed by atoms with Gasteiger partial charge in [0.2, 0.25) is 0 Å². The zero-order valence-electron chi connectivity index (χ0n) is 32.0. The van der Waals surface area contributed by atoms with Crippen LogP contribution in [0.15, 0.2) is 211 Å². The van der Waals surface area contributed by atoms with Gasteiger partial charge in [-0.15, -0.1) is 0 Å². The summed E-state index contributed by atoms with van der Waals surface area (Å²) in [6.07, 6.45) is 0. The maximum atomic E-state index is 6.54.